The summed E-state index contributed by atoms with van der Waals surface area (Å²) in [6.07, 6.45) is 0. The van der Waals surface area contributed by atoms with Crippen LogP contribution in [0.5, 0.6) is 11.6 Å². The topological polar surface area (TPSA) is 113 Å². The van der Waals surface area contributed by atoms with Gasteiger partial charge in [0.25, 0.3) is 16.0 Å². The predicted octanol–water partition coefficient (Wildman–Crippen LogP) is 0.839. The summed E-state index contributed by atoms with van der Waals surface area (Å²) in [5, 5.41) is 22.9. The van der Waals surface area contributed by atoms with Gasteiger partial charge in [-0.15, -0.1) is 0 Å². The van der Waals surface area contributed by atoms with Crippen molar-refractivity contribution in [2.24, 2.45) is 0 Å². The molecule has 0 radical (unpaired) electrons. The highest BCUT2D eigenvalue weighted by Gasteiger charge is 2.21. The van der Waals surface area contributed by atoms with E-state index in [1.54, 1.807) is 0 Å². The van der Waals surface area contributed by atoms with Crippen molar-refractivity contribution in [3.63, 3.8) is 0 Å². The van der Waals surface area contributed by atoms with E-state index < -0.39 is 26.6 Å². The highest BCUT2D eigenvalue weighted by Crippen LogP contribution is 2.32. The molecule has 0 bridgehead atoms. The van der Waals surface area contributed by atoms with Crippen LogP contribution in [0.3, 0.4) is 0 Å². The normalized spacial score (nSPS) is 11.7. The Balaban J connectivity index is 2.76. The van der Waals surface area contributed by atoms with Crippen LogP contribution < -0.4 is 0 Å². The smallest absolute Gasteiger partial charge is 0.296 e. The molecule has 0 saturated carbocycles. The lowest BCUT2D eigenvalue weighted by atomic mass is 10.3. The molecule has 2 aromatic rings. The van der Waals surface area contributed by atoms with Crippen LogP contribution in [-0.2, 0) is 10.1 Å². The van der Waals surface area contributed by atoms with Crippen molar-refractivity contribution in [2.75, 3.05) is 0 Å². The minimum atomic E-state index is -4.46. The van der Waals surface area contributed by atoms with E-state index in [2.05, 4.69) is 5.10 Å². The van der Waals surface area contributed by atoms with Crippen LogP contribution in [0.25, 0.3) is 5.69 Å². The molecule has 2 rings (SSSR count). The molecular weight excluding hydrogens is 260 g/mol. The summed E-state index contributed by atoms with van der Waals surface area (Å²) < 4.78 is 32.3. The second-order valence-corrected chi connectivity index (χ2v) is 5.00. The lowest BCUT2D eigenvalue weighted by Crippen LogP contribution is -2.06. The van der Waals surface area contributed by atoms with E-state index >= 15 is 0 Å². The van der Waals surface area contributed by atoms with Gasteiger partial charge in [-0.2, -0.15) is 18.2 Å². The molecule has 7 nitrogen and oxygen atoms in total. The summed E-state index contributed by atoms with van der Waals surface area (Å²) in [7, 11) is -4.46. The van der Waals surface area contributed by atoms with Gasteiger partial charge in [-0.3, -0.25) is 4.55 Å². The molecule has 3 N–H and O–H groups in total. The minimum absolute atomic E-state index is 0.0547. The first kappa shape index (κ1) is 12.4. The summed E-state index contributed by atoms with van der Waals surface area (Å²) >= 11 is 0. The third-order valence-corrected chi connectivity index (χ3v) is 3.28. The molecule has 1 heterocycles. The number of hydrogen-bond donors (Lipinski definition) is 3. The van der Waals surface area contributed by atoms with Gasteiger partial charge in [0.05, 0.1) is 5.69 Å². The van der Waals surface area contributed by atoms with E-state index in [9.17, 15) is 18.6 Å². The fourth-order valence-corrected chi connectivity index (χ4v) is 2.19. The number of aromatic hydroxyl groups is 2. The van der Waals surface area contributed by atoms with E-state index in [1.807, 2.05) is 0 Å². The van der Waals surface area contributed by atoms with Crippen LogP contribution in [0.1, 0.15) is 5.69 Å². The second kappa shape index (κ2) is 4.00. The molecule has 96 valence electrons. The van der Waals surface area contributed by atoms with Gasteiger partial charge in [0.15, 0.2) is 0 Å². The number of rotatable bonds is 2. The van der Waals surface area contributed by atoms with Gasteiger partial charge in [-0.1, -0.05) is 12.1 Å². The Hall–Kier alpha value is -2.06. The van der Waals surface area contributed by atoms with Gasteiger partial charge in [0, 0.05) is 0 Å². The quantitative estimate of drug-likeness (QED) is 0.697. The maximum atomic E-state index is 11.2. The van der Waals surface area contributed by atoms with Crippen molar-refractivity contribution in [3.05, 3.63) is 30.0 Å². The predicted molar refractivity (Wildman–Crippen MR) is 61.4 cm³/mol. The number of nitrogens with zero attached hydrogens (tertiary/aromatic N) is 2. The average Bonchev–Trinajstić information content (AvgIpc) is 2.56. The first-order valence-corrected chi connectivity index (χ1v) is 6.31. The van der Waals surface area contributed by atoms with Gasteiger partial charge < -0.3 is 10.2 Å². The molecule has 0 aliphatic carbocycles. The zero-order chi connectivity index (χ0) is 13.5. The Labute approximate surface area is 103 Å². The number of benzene rings is 1. The van der Waals surface area contributed by atoms with Crippen molar-refractivity contribution in [1.82, 2.24) is 9.78 Å². The second-order valence-electron chi connectivity index (χ2n) is 3.61. The fourth-order valence-electron chi connectivity index (χ4n) is 1.53. The van der Waals surface area contributed by atoms with Gasteiger partial charge in [0.1, 0.15) is 10.6 Å². The van der Waals surface area contributed by atoms with Crippen molar-refractivity contribution >= 4 is 10.1 Å². The molecule has 0 spiro atoms. The SMILES string of the molecule is Cc1nn(-c2ccccc2S(=O)(=O)O)c(O)c1O. The molecule has 0 fully saturated rings. The summed E-state index contributed by atoms with van der Waals surface area (Å²) in [6.45, 7) is 1.45. The Kier molecular flexibility index (Phi) is 2.76. The van der Waals surface area contributed by atoms with Gasteiger partial charge >= 0.3 is 0 Å². The van der Waals surface area contributed by atoms with Gasteiger partial charge in [-0.05, 0) is 19.1 Å². The molecule has 0 unspecified atom stereocenters. The lowest BCUT2D eigenvalue weighted by Gasteiger charge is -2.07. The molecule has 8 heteroatoms. The number of hydrogen-bond acceptors (Lipinski definition) is 5. The molecule has 0 aliphatic rings. The molecule has 0 aliphatic heterocycles. The van der Waals surface area contributed by atoms with Crippen molar-refractivity contribution < 1.29 is 23.2 Å². The summed E-state index contributed by atoms with van der Waals surface area (Å²) in [6, 6.07) is 5.43. The van der Waals surface area contributed by atoms with E-state index in [-0.39, 0.29) is 11.4 Å². The van der Waals surface area contributed by atoms with Crippen LogP contribution in [0.15, 0.2) is 29.2 Å². The monoisotopic (exact) mass is 270 g/mol. The highest BCUT2D eigenvalue weighted by molar-refractivity contribution is 7.86. The average molecular weight is 270 g/mol. The first-order chi connectivity index (χ1) is 8.32. The van der Waals surface area contributed by atoms with Crippen LogP contribution in [0.2, 0.25) is 0 Å². The Morgan fingerprint density at radius 2 is 1.83 bits per heavy atom. The van der Waals surface area contributed by atoms with E-state index in [4.69, 9.17) is 4.55 Å². The van der Waals surface area contributed by atoms with Crippen LogP contribution >= 0.6 is 0 Å². The molecule has 0 saturated heterocycles. The lowest BCUT2D eigenvalue weighted by molar-refractivity contribution is 0.382. The third kappa shape index (κ3) is 1.91. The van der Waals surface area contributed by atoms with Crippen molar-refractivity contribution in [2.45, 2.75) is 11.8 Å². The van der Waals surface area contributed by atoms with Gasteiger partial charge in [0.2, 0.25) is 5.75 Å². The molecule has 0 amide bonds. The number of aryl methyl sites for hydroxylation is 1. The molecular formula is C10H10N2O5S. The Morgan fingerprint density at radius 1 is 1.22 bits per heavy atom. The maximum Gasteiger partial charge on any atom is 0.296 e. The molecule has 1 aromatic carbocycles. The minimum Gasteiger partial charge on any atom is -0.502 e. The number of para-hydroxylation sites is 1. The summed E-state index contributed by atoms with van der Waals surface area (Å²) in [5.74, 6) is -1.04. The molecule has 0 atom stereocenters. The van der Waals surface area contributed by atoms with Crippen LogP contribution in [-0.4, -0.2) is 33.0 Å². The highest BCUT2D eigenvalue weighted by atomic mass is 32.2. The number of aromatic nitrogens is 2. The zero-order valence-corrected chi connectivity index (χ0v) is 10.1. The largest absolute Gasteiger partial charge is 0.502 e. The van der Waals surface area contributed by atoms with E-state index in [0.717, 1.165) is 10.7 Å². The third-order valence-electron chi connectivity index (χ3n) is 2.38. The van der Waals surface area contributed by atoms with Gasteiger partial charge in [-0.25, -0.2) is 0 Å². The van der Waals surface area contributed by atoms with Crippen LogP contribution in [0.4, 0.5) is 0 Å². The summed E-state index contributed by atoms with van der Waals surface area (Å²) in [4.78, 5) is -0.414. The maximum absolute atomic E-state index is 11.2. The molecule has 18 heavy (non-hydrogen) atoms. The van der Waals surface area contributed by atoms with Crippen molar-refractivity contribution in [3.8, 4) is 17.3 Å². The first-order valence-electron chi connectivity index (χ1n) is 4.87. The summed E-state index contributed by atoms with van der Waals surface area (Å²) in [5.41, 5.74) is 0.0820. The van der Waals surface area contributed by atoms with Crippen LogP contribution in [0, 0.1) is 6.92 Å². The van der Waals surface area contributed by atoms with E-state index in [0.29, 0.717) is 0 Å². The standard InChI is InChI=1S/C10H10N2O5S/c1-6-9(13)10(14)12(11-6)7-4-2-3-5-8(7)18(15,16)17/h2-5,13-14H,1H3,(H,15,16,17). The van der Waals surface area contributed by atoms with E-state index in [1.165, 1.54) is 25.1 Å². The zero-order valence-electron chi connectivity index (χ0n) is 9.27. The Bertz CT molecular complexity index is 705. The molecule has 1 aromatic heterocycles. The Morgan fingerprint density at radius 3 is 2.33 bits per heavy atom. The van der Waals surface area contributed by atoms with Crippen molar-refractivity contribution in [1.29, 1.82) is 0 Å². The fraction of sp³-hybridized carbons (Fsp3) is 0.100.